The maximum atomic E-state index is 11.7. The molecule has 0 aliphatic carbocycles. The van der Waals surface area contributed by atoms with Crippen LogP contribution < -0.4 is 0 Å². The van der Waals surface area contributed by atoms with Crippen LogP contribution in [0, 0.1) is 12.3 Å². The van der Waals surface area contributed by atoms with E-state index in [0.29, 0.717) is 17.9 Å². The highest BCUT2D eigenvalue weighted by molar-refractivity contribution is 5.73. The van der Waals surface area contributed by atoms with Crippen LogP contribution in [0.25, 0.3) is 16.7 Å². The molecule has 0 spiro atoms. The number of nitrogens with zero attached hydrogens (tertiary/aromatic N) is 3. The molecule has 196 valence electrons. The van der Waals surface area contributed by atoms with E-state index in [0.717, 1.165) is 39.7 Å². The third-order valence-corrected chi connectivity index (χ3v) is 7.02. The Labute approximate surface area is 221 Å². The highest BCUT2D eigenvalue weighted by atomic mass is 16.3. The minimum Gasteiger partial charge on any atom is -0.507 e. The van der Waals surface area contributed by atoms with Gasteiger partial charge in [-0.15, -0.1) is 15.0 Å². The first-order chi connectivity index (χ1) is 17.1. The summed E-state index contributed by atoms with van der Waals surface area (Å²) in [5.74, 6) is 0.448. The lowest BCUT2D eigenvalue weighted by Gasteiger charge is -2.37. The summed E-state index contributed by atoms with van der Waals surface area (Å²) in [6.07, 6.45) is 1.36. The van der Waals surface area contributed by atoms with Gasteiger partial charge in [0.15, 0.2) is 0 Å². The molecule has 3 aromatic carbocycles. The van der Waals surface area contributed by atoms with Crippen molar-refractivity contribution in [3.63, 3.8) is 0 Å². The van der Waals surface area contributed by atoms with Crippen LogP contribution >= 0.6 is 0 Å². The first kappa shape index (κ1) is 26.7. The van der Waals surface area contributed by atoms with E-state index in [9.17, 15) is 10.2 Å². The SMILES string of the molecule is Cc1cc(C(C)(C)C)c(O)c(Cc2cccc(-n3nc4ccccc4n3)c2O)c1C(C)(C)CC(C)(C)C. The fraction of sp³-hybridized carbons (Fsp3) is 0.438. The van der Waals surface area contributed by atoms with Crippen molar-refractivity contribution in [3.05, 3.63) is 76.3 Å². The smallest absolute Gasteiger partial charge is 0.146 e. The van der Waals surface area contributed by atoms with Crippen molar-refractivity contribution in [2.45, 2.75) is 86.0 Å². The predicted octanol–water partition coefficient (Wildman–Crippen LogP) is 7.74. The van der Waals surface area contributed by atoms with Crippen LogP contribution in [0.4, 0.5) is 0 Å². The maximum absolute atomic E-state index is 11.7. The van der Waals surface area contributed by atoms with Crippen LogP contribution in [-0.4, -0.2) is 25.2 Å². The quantitative estimate of drug-likeness (QED) is 0.295. The van der Waals surface area contributed by atoms with E-state index in [1.165, 1.54) is 10.4 Å². The van der Waals surface area contributed by atoms with Gasteiger partial charge in [-0.3, -0.25) is 0 Å². The number of aromatic hydroxyl groups is 2. The molecule has 0 unspecified atom stereocenters. The molecular weight excluding hydrogens is 458 g/mol. The molecule has 0 atom stereocenters. The van der Waals surface area contributed by atoms with Crippen LogP contribution in [0.1, 0.15) is 89.6 Å². The number of phenols is 2. The Balaban J connectivity index is 1.89. The normalized spacial score (nSPS) is 12.9. The molecule has 0 fully saturated rings. The zero-order valence-corrected chi connectivity index (χ0v) is 23.8. The zero-order valence-electron chi connectivity index (χ0n) is 23.8. The summed E-state index contributed by atoms with van der Waals surface area (Å²) in [5.41, 5.74) is 6.62. The number of rotatable bonds is 5. The number of para-hydroxylation sites is 1. The predicted molar refractivity (Wildman–Crippen MR) is 152 cm³/mol. The van der Waals surface area contributed by atoms with Gasteiger partial charge in [-0.2, -0.15) is 0 Å². The second-order valence-electron chi connectivity index (χ2n) is 13.3. The van der Waals surface area contributed by atoms with Gasteiger partial charge in [-0.1, -0.05) is 85.7 Å². The second-order valence-corrected chi connectivity index (χ2v) is 13.3. The van der Waals surface area contributed by atoms with Gasteiger partial charge < -0.3 is 10.2 Å². The molecule has 0 amide bonds. The average Bonchev–Trinajstić information content (AvgIpc) is 3.18. The Morgan fingerprint density at radius 3 is 1.92 bits per heavy atom. The molecule has 5 heteroatoms. The van der Waals surface area contributed by atoms with E-state index in [4.69, 9.17) is 0 Å². The van der Waals surface area contributed by atoms with Crippen molar-refractivity contribution in [2.24, 2.45) is 5.41 Å². The topological polar surface area (TPSA) is 71.2 Å². The van der Waals surface area contributed by atoms with Crippen molar-refractivity contribution in [1.82, 2.24) is 15.0 Å². The number of benzene rings is 3. The number of phenolic OH excluding ortho intramolecular Hbond substituents is 2. The number of hydrogen-bond acceptors (Lipinski definition) is 4. The second kappa shape index (κ2) is 9.20. The van der Waals surface area contributed by atoms with Crippen LogP contribution in [0.2, 0.25) is 0 Å². The molecule has 2 N–H and O–H groups in total. The monoisotopic (exact) mass is 499 g/mol. The highest BCUT2D eigenvalue weighted by Crippen LogP contribution is 2.46. The van der Waals surface area contributed by atoms with Gasteiger partial charge in [-0.25, -0.2) is 0 Å². The Morgan fingerprint density at radius 1 is 0.784 bits per heavy atom. The van der Waals surface area contributed by atoms with Crippen molar-refractivity contribution in [1.29, 1.82) is 0 Å². The van der Waals surface area contributed by atoms with E-state index < -0.39 is 0 Å². The third kappa shape index (κ3) is 5.36. The molecule has 0 saturated carbocycles. The van der Waals surface area contributed by atoms with Gasteiger partial charge in [0.05, 0.1) is 0 Å². The first-order valence-corrected chi connectivity index (χ1v) is 13.1. The lowest BCUT2D eigenvalue weighted by Crippen LogP contribution is -2.28. The van der Waals surface area contributed by atoms with E-state index in [-0.39, 0.29) is 22.0 Å². The Morgan fingerprint density at radius 2 is 1.38 bits per heavy atom. The van der Waals surface area contributed by atoms with Crippen molar-refractivity contribution < 1.29 is 10.2 Å². The number of aryl methyl sites for hydroxylation is 1. The largest absolute Gasteiger partial charge is 0.507 e. The van der Waals surface area contributed by atoms with Crippen LogP contribution in [-0.2, 0) is 17.3 Å². The molecular formula is C32H41N3O2. The molecule has 4 rings (SSSR count). The molecule has 0 aliphatic rings. The van der Waals surface area contributed by atoms with Gasteiger partial charge in [-0.05, 0) is 64.5 Å². The van der Waals surface area contributed by atoms with E-state index in [1.807, 2.05) is 42.5 Å². The Bertz CT molecular complexity index is 1420. The van der Waals surface area contributed by atoms with Crippen molar-refractivity contribution in [2.75, 3.05) is 0 Å². The van der Waals surface area contributed by atoms with Crippen LogP contribution in [0.15, 0.2) is 48.5 Å². The maximum Gasteiger partial charge on any atom is 0.146 e. The standard InChI is InChI=1S/C32H41N3O2/c1-20-17-23(31(5,6)7)29(37)22(27(20)32(8,9)19-30(2,3)4)18-21-13-12-16-26(28(21)36)35-33-24-14-10-11-15-25(24)34-35/h10-17,36-37H,18-19H2,1-9H3. The van der Waals surface area contributed by atoms with E-state index in [1.54, 1.807) is 0 Å². The molecule has 5 nitrogen and oxygen atoms in total. The molecule has 0 aliphatic heterocycles. The Kier molecular flexibility index (Phi) is 6.64. The van der Waals surface area contributed by atoms with Gasteiger partial charge in [0.25, 0.3) is 0 Å². The third-order valence-electron chi connectivity index (χ3n) is 7.02. The van der Waals surface area contributed by atoms with Crippen molar-refractivity contribution in [3.8, 4) is 17.2 Å². The molecule has 4 aromatic rings. The van der Waals surface area contributed by atoms with E-state index in [2.05, 4.69) is 78.6 Å². The molecule has 1 heterocycles. The summed E-state index contributed by atoms with van der Waals surface area (Å²) in [6, 6.07) is 15.5. The number of aromatic nitrogens is 3. The lowest BCUT2D eigenvalue weighted by molar-refractivity contribution is 0.281. The average molecular weight is 500 g/mol. The van der Waals surface area contributed by atoms with Crippen molar-refractivity contribution >= 4 is 11.0 Å². The summed E-state index contributed by atoms with van der Waals surface area (Å²) >= 11 is 0. The van der Waals surface area contributed by atoms with Gasteiger partial charge >= 0.3 is 0 Å². The molecule has 0 radical (unpaired) electrons. The molecule has 0 saturated heterocycles. The first-order valence-electron chi connectivity index (χ1n) is 13.1. The number of fused-ring (bicyclic) bond motifs is 1. The minimum absolute atomic E-state index is 0.112. The summed E-state index contributed by atoms with van der Waals surface area (Å²) in [6.45, 7) is 19.8. The molecule has 37 heavy (non-hydrogen) atoms. The zero-order chi connectivity index (χ0) is 27.3. The molecule has 0 bridgehead atoms. The number of hydrogen-bond donors (Lipinski definition) is 2. The van der Waals surface area contributed by atoms with E-state index >= 15 is 0 Å². The van der Waals surface area contributed by atoms with Gasteiger partial charge in [0, 0.05) is 17.5 Å². The summed E-state index contributed by atoms with van der Waals surface area (Å²) in [5, 5.41) is 32.3. The summed E-state index contributed by atoms with van der Waals surface area (Å²) < 4.78 is 0. The fourth-order valence-corrected chi connectivity index (χ4v) is 6.02. The Hall–Kier alpha value is -3.34. The summed E-state index contributed by atoms with van der Waals surface area (Å²) in [7, 11) is 0. The van der Waals surface area contributed by atoms with Gasteiger partial charge in [0.1, 0.15) is 28.2 Å². The minimum atomic E-state index is -0.223. The summed E-state index contributed by atoms with van der Waals surface area (Å²) in [4.78, 5) is 1.49. The lowest BCUT2D eigenvalue weighted by atomic mass is 9.68. The van der Waals surface area contributed by atoms with Crippen LogP contribution in [0.3, 0.4) is 0 Å². The highest BCUT2D eigenvalue weighted by Gasteiger charge is 2.34. The van der Waals surface area contributed by atoms with Crippen LogP contribution in [0.5, 0.6) is 11.5 Å². The molecule has 1 aromatic heterocycles. The fourth-order valence-electron chi connectivity index (χ4n) is 6.02. The van der Waals surface area contributed by atoms with Gasteiger partial charge in [0.2, 0.25) is 0 Å².